The maximum atomic E-state index is 12.7. The molecule has 756 valence electrons. The van der Waals surface area contributed by atoms with Crippen LogP contribution in [0.2, 0.25) is 0 Å². The minimum Gasteiger partial charge on any atom is -0.480 e. The van der Waals surface area contributed by atoms with E-state index in [0.29, 0.717) is 0 Å². The molecule has 14 bridgehead atoms. The maximum absolute atomic E-state index is 12.7. The molecule has 0 aromatic carbocycles. The Balaban J connectivity index is 1.44. The first kappa shape index (κ1) is 109. The zero-order valence-electron chi connectivity index (χ0n) is 68.6. The molecule has 0 amide bonds. The van der Waals surface area contributed by atoms with E-state index in [4.69, 9.17) is 133 Å². The van der Waals surface area contributed by atoms with Crippen LogP contribution in [0.5, 0.6) is 0 Å². The van der Waals surface area contributed by atoms with Gasteiger partial charge in [-0.05, 0) is 0 Å². The second-order valence-electron chi connectivity index (χ2n) is 29.2. The summed E-state index contributed by atoms with van der Waals surface area (Å²) in [5.41, 5.74) is 0. The first-order chi connectivity index (χ1) is 63.2. The number of aliphatic hydroxyl groups is 7. The van der Waals surface area contributed by atoms with E-state index in [9.17, 15) is 174 Å². The van der Waals surface area contributed by atoms with Crippen molar-refractivity contribution in [2.45, 2.75) is 215 Å². The lowest BCUT2D eigenvalue weighted by Crippen LogP contribution is -2.70. The van der Waals surface area contributed by atoms with E-state index < -0.39 is 437 Å². The Morgan fingerprint density at radius 3 is 0.301 bits per heavy atom. The fourth-order valence-electron chi connectivity index (χ4n) is 15.1. The Labute approximate surface area is 742 Å². The minimum absolute atomic E-state index is 1.51. The van der Waals surface area contributed by atoms with Crippen molar-refractivity contribution in [3.05, 3.63) is 0 Å². The molecular weight excluding hydrogens is 1850 g/mol. The molecule has 0 aliphatic carbocycles. The molecule has 63 nitrogen and oxygen atoms in total. The molecule has 0 spiro atoms. The van der Waals surface area contributed by atoms with E-state index in [1.807, 2.05) is 0 Å². The summed E-state index contributed by atoms with van der Waals surface area (Å²) in [6.45, 7) is -32.5. The number of hydrogen-bond donors (Lipinski definition) is 21. The lowest BCUT2D eigenvalue weighted by molar-refractivity contribution is -0.405. The van der Waals surface area contributed by atoms with Gasteiger partial charge in [-0.1, -0.05) is 0 Å². The fraction of sp³-hybridized carbons (Fsp3) is 0.800. The predicted molar refractivity (Wildman–Crippen MR) is 388 cm³/mol. The fourth-order valence-corrected chi connectivity index (χ4v) is 15.1. The highest BCUT2D eigenvalue weighted by atomic mass is 16.8. The summed E-state index contributed by atoms with van der Waals surface area (Å²) in [6, 6.07) is 0. The van der Waals surface area contributed by atoms with Crippen LogP contribution in [-0.4, -0.2) is 544 Å². The standard InChI is InChI=1S/C70H98O63/c71-1-22-43-50(106-8-29(78)79)57(113-15-36(92)93)64(120-22)128-44-23(2-72)122-66(59(115-17-38(96)97)51(44)107-9-30(80)81)130-46-25(4-74)124-68(61(117-19-40(100)101)53(46)109-11-32(84)85)132-48-27(6-76)126-70(63(119-21-42(104)105)55(48)111-13-34(88)89)133-49-28(7-77)125-69(62(118-20-41(102)103)56(49)112-14-35(90)91)131-47-26(5-75)123-67(60(116-18-39(98)99)54(47)110-12-33(86)87)129-45-24(3-73)121-65(127-43)58(114-16-37(94)95)52(45)108-10-31(82)83/h22-28,43-77H,1-21H2,(H,78,79)(H,80,81)(H,82,83)(H,84,85)(H,86,87)(H,88,89)(H,90,91)(H,92,93)(H,94,95)(H,96,97)(H,98,99)(H,100,101)(H,102,103)(H,104,105)/t22-,23-,24-,25-,26+,27+,28+,43-,44-,45-,46-,47?,48?,49?,50+,51+,52+,53+,54+,55+,56+,57-,58-,59-,60-,61-,62-,63-,64?,65-,66?,67+,68+,69?,70?/m0/s1. The first-order valence-corrected chi connectivity index (χ1v) is 39.3. The van der Waals surface area contributed by atoms with Crippen LogP contribution < -0.4 is 0 Å². The van der Waals surface area contributed by atoms with Crippen molar-refractivity contribution in [2.24, 2.45) is 0 Å². The van der Waals surface area contributed by atoms with Crippen molar-refractivity contribution >= 4 is 83.6 Å². The van der Waals surface area contributed by atoms with E-state index in [0.717, 1.165) is 0 Å². The molecule has 21 rings (SSSR count). The van der Waals surface area contributed by atoms with Gasteiger partial charge in [0, 0.05) is 0 Å². The molecular formula is C70H98O63. The molecule has 0 radical (unpaired) electrons. The predicted octanol–water partition coefficient (Wildman–Crippen LogP) is -13.7. The van der Waals surface area contributed by atoms with Gasteiger partial charge < -0.3 is 240 Å². The largest absolute Gasteiger partial charge is 0.480 e. The van der Waals surface area contributed by atoms with Gasteiger partial charge >= 0.3 is 83.6 Å². The number of aliphatic carboxylic acids is 14. The van der Waals surface area contributed by atoms with Crippen molar-refractivity contribution in [1.29, 1.82) is 0 Å². The third-order valence-electron chi connectivity index (χ3n) is 20.0. The van der Waals surface area contributed by atoms with Gasteiger partial charge in [-0.25, -0.2) is 67.1 Å². The Kier molecular flexibility index (Phi) is 43.2. The number of rotatable bonds is 49. The monoisotopic (exact) mass is 1950 g/mol. The van der Waals surface area contributed by atoms with E-state index >= 15 is 0 Å². The summed E-state index contributed by atoms with van der Waals surface area (Å²) in [5, 5.41) is 223. The van der Waals surface area contributed by atoms with Gasteiger partial charge in [0.1, 0.15) is 263 Å². The third-order valence-corrected chi connectivity index (χ3v) is 20.0. The average molecular weight is 1950 g/mol. The number of carboxylic acids is 14. The zero-order valence-corrected chi connectivity index (χ0v) is 68.6. The molecule has 21 saturated heterocycles. The number of carboxylic acid groups (broad SMARTS) is 14. The van der Waals surface area contributed by atoms with E-state index in [1.54, 1.807) is 0 Å². The van der Waals surface area contributed by atoms with Crippen LogP contribution in [-0.2, 0) is 200 Å². The maximum Gasteiger partial charge on any atom is 0.329 e. The minimum atomic E-state index is -2.60. The topological polar surface area (TPSA) is 922 Å². The smallest absolute Gasteiger partial charge is 0.329 e. The second-order valence-corrected chi connectivity index (χ2v) is 29.2. The van der Waals surface area contributed by atoms with Crippen molar-refractivity contribution in [1.82, 2.24) is 0 Å². The summed E-state index contributed by atoms with van der Waals surface area (Å²) >= 11 is 0. The lowest BCUT2D eigenvalue weighted by atomic mass is 9.94. The highest BCUT2D eigenvalue weighted by Crippen LogP contribution is 2.44. The Bertz CT molecular complexity index is 3170. The van der Waals surface area contributed by atoms with Crippen molar-refractivity contribution < 1.29 is 307 Å². The van der Waals surface area contributed by atoms with Gasteiger partial charge in [0.15, 0.2) is 44.0 Å². The lowest BCUT2D eigenvalue weighted by Gasteiger charge is -2.52. The van der Waals surface area contributed by atoms with Crippen molar-refractivity contribution in [3.63, 3.8) is 0 Å². The molecule has 21 N–H and O–H groups in total. The summed E-state index contributed by atoms with van der Waals surface area (Å²) in [6.07, 6.45) is -86.1. The number of carbonyl (C=O) groups is 14. The van der Waals surface area contributed by atoms with Gasteiger partial charge in [0.25, 0.3) is 0 Å². The Hall–Kier alpha value is -8.82. The molecule has 21 heterocycles. The third kappa shape index (κ3) is 30.6. The highest BCUT2D eigenvalue weighted by Gasteiger charge is 2.64. The van der Waals surface area contributed by atoms with Crippen LogP contribution in [0.15, 0.2) is 0 Å². The van der Waals surface area contributed by atoms with Gasteiger partial charge in [0.2, 0.25) is 0 Å². The molecule has 0 aromatic rings. The molecule has 133 heavy (non-hydrogen) atoms. The molecule has 7 unspecified atom stereocenters. The molecule has 63 heteroatoms. The van der Waals surface area contributed by atoms with Gasteiger partial charge in [0.05, 0.1) is 46.2 Å². The van der Waals surface area contributed by atoms with Crippen LogP contribution in [0, 0.1) is 0 Å². The van der Waals surface area contributed by atoms with E-state index in [-0.39, 0.29) is 0 Å². The SMILES string of the molecule is O=C(O)CO[C@H]1[C@H](OCC(=O)O)[C@H]2OC3[C@@H](OCC(=O)O)[C@H](OCC(=O)O)C(OC4[C@@H](OCC(=O)O)[C@H](OCC(=O)O)C(OC5[C@@H](OCC(=O)O)[C@H](OCC(=O)O)[C@@H](O[C@@H]6[C@@H](OCC(=O)O)[C@H](OCC(=O)O)[C@H](O[C@@H]7[C@@H](OCC(=O)O)[C@H](OCC(=O)O)C(O[C@@H]8[C@@H](OCC(=O)O)[C@H](OCC(=O)O)C(O[C@H]1[C@H](CO)O2)O[C@H]8CO)O[C@H]7CO)O[C@H]6CO)O[C@@H]5CO)O[C@@H]4CO)O[C@@H]3CO. The highest BCUT2D eigenvalue weighted by molar-refractivity contribution is 5.72. The van der Waals surface area contributed by atoms with Crippen LogP contribution in [0.3, 0.4) is 0 Å². The second kappa shape index (κ2) is 52.5. The quantitative estimate of drug-likeness (QED) is 0.0269. The average Bonchev–Trinajstić information content (AvgIpc) is 1.53. The normalized spacial score (nSPS) is 36.6. The van der Waals surface area contributed by atoms with Crippen molar-refractivity contribution in [3.8, 4) is 0 Å². The Morgan fingerprint density at radius 1 is 0.143 bits per heavy atom. The van der Waals surface area contributed by atoms with Gasteiger partial charge in [-0.3, -0.25) is 0 Å². The first-order valence-electron chi connectivity index (χ1n) is 39.3. The summed E-state index contributed by atoms with van der Waals surface area (Å²) in [5.74, 6) is -26.8. The molecule has 35 atom stereocenters. The van der Waals surface area contributed by atoms with Crippen LogP contribution >= 0.6 is 0 Å². The summed E-state index contributed by atoms with van der Waals surface area (Å²) in [7, 11) is 0. The molecule has 0 aromatic heterocycles. The number of ether oxygens (including phenoxy) is 28. The molecule has 21 fully saturated rings. The summed E-state index contributed by atoms with van der Waals surface area (Å²) < 4.78 is 168. The van der Waals surface area contributed by atoms with Crippen molar-refractivity contribution in [2.75, 3.05) is 139 Å². The summed E-state index contributed by atoms with van der Waals surface area (Å²) in [4.78, 5) is 177. The van der Waals surface area contributed by atoms with Crippen LogP contribution in [0.1, 0.15) is 0 Å². The molecule has 0 saturated carbocycles. The number of hydrogen-bond acceptors (Lipinski definition) is 49. The Morgan fingerprint density at radius 2 is 0.226 bits per heavy atom. The number of aliphatic hydroxyl groups excluding tert-OH is 7. The van der Waals surface area contributed by atoms with Crippen LogP contribution in [0.4, 0.5) is 0 Å². The molecule has 21 aliphatic rings. The molecule has 21 aliphatic heterocycles. The van der Waals surface area contributed by atoms with Crippen LogP contribution in [0.25, 0.3) is 0 Å². The van der Waals surface area contributed by atoms with E-state index in [2.05, 4.69) is 0 Å². The van der Waals surface area contributed by atoms with Gasteiger partial charge in [-0.15, -0.1) is 0 Å². The van der Waals surface area contributed by atoms with Gasteiger partial charge in [-0.2, -0.15) is 0 Å². The zero-order chi connectivity index (χ0) is 97.9. The van der Waals surface area contributed by atoms with E-state index in [1.165, 1.54) is 0 Å².